The van der Waals surface area contributed by atoms with Gasteiger partial charge in [0, 0.05) is 0 Å². The van der Waals surface area contributed by atoms with Crippen molar-refractivity contribution in [3.8, 4) is 0 Å². The van der Waals surface area contributed by atoms with Crippen molar-refractivity contribution in [1.82, 2.24) is 0 Å². The van der Waals surface area contributed by atoms with Crippen molar-refractivity contribution in [3.63, 3.8) is 0 Å². The zero-order valence-corrected chi connectivity index (χ0v) is 11.4. The predicted molar refractivity (Wildman–Crippen MR) is 67.7 cm³/mol. The van der Waals surface area contributed by atoms with Gasteiger partial charge in [-0.25, -0.2) is 9.59 Å². The number of carbonyl (C=O) groups excluding carboxylic acids is 2. The van der Waals surface area contributed by atoms with E-state index in [4.69, 9.17) is 4.74 Å². The Kier molecular flexibility index (Phi) is 4.11. The molecular formula is C14H18O4. The van der Waals surface area contributed by atoms with Crippen LogP contribution in [0, 0.1) is 6.92 Å². The highest BCUT2D eigenvalue weighted by atomic mass is 16.6. The molecule has 0 fully saturated rings. The van der Waals surface area contributed by atoms with Crippen molar-refractivity contribution in [2.75, 3.05) is 7.11 Å². The standard InChI is InChI=1S/C14H18O4/c1-9-6-7-10(8-11(9)13(16)17-5)12(15)18-14(2,3)4/h6-8H,1-5H3. The average molecular weight is 250 g/mol. The van der Waals surface area contributed by atoms with Gasteiger partial charge in [0.05, 0.1) is 18.2 Å². The minimum absolute atomic E-state index is 0.343. The Morgan fingerprint density at radius 3 is 2.22 bits per heavy atom. The summed E-state index contributed by atoms with van der Waals surface area (Å²) in [6.07, 6.45) is 0. The van der Waals surface area contributed by atoms with Gasteiger partial charge in [0.15, 0.2) is 0 Å². The number of methoxy groups -OCH3 is 1. The molecule has 0 spiro atoms. The molecule has 1 aromatic rings. The largest absolute Gasteiger partial charge is 0.465 e. The van der Waals surface area contributed by atoms with Crippen LogP contribution in [-0.2, 0) is 9.47 Å². The van der Waals surface area contributed by atoms with Gasteiger partial charge in [-0.1, -0.05) is 6.07 Å². The molecule has 0 bridgehead atoms. The van der Waals surface area contributed by atoms with Gasteiger partial charge >= 0.3 is 11.9 Å². The van der Waals surface area contributed by atoms with Crippen LogP contribution in [0.2, 0.25) is 0 Å². The van der Waals surface area contributed by atoms with Crippen LogP contribution in [0.1, 0.15) is 47.1 Å². The molecule has 0 aliphatic rings. The third-order valence-corrected chi connectivity index (χ3v) is 2.28. The SMILES string of the molecule is COC(=O)c1cc(C(=O)OC(C)(C)C)ccc1C. The van der Waals surface area contributed by atoms with Gasteiger partial charge in [0.2, 0.25) is 0 Å². The molecule has 1 rings (SSSR count). The maximum atomic E-state index is 11.9. The number of esters is 2. The highest BCUT2D eigenvalue weighted by Gasteiger charge is 2.19. The number of ether oxygens (including phenoxy) is 2. The molecule has 18 heavy (non-hydrogen) atoms. The fraction of sp³-hybridized carbons (Fsp3) is 0.429. The molecule has 0 heterocycles. The summed E-state index contributed by atoms with van der Waals surface area (Å²) >= 11 is 0. The van der Waals surface area contributed by atoms with Crippen molar-refractivity contribution in [2.24, 2.45) is 0 Å². The van der Waals surface area contributed by atoms with E-state index in [-0.39, 0.29) is 0 Å². The highest BCUT2D eigenvalue weighted by molar-refractivity contribution is 5.96. The molecule has 0 amide bonds. The van der Waals surface area contributed by atoms with Gasteiger partial charge < -0.3 is 9.47 Å². The van der Waals surface area contributed by atoms with Crippen LogP contribution in [0.25, 0.3) is 0 Å². The molecule has 0 N–H and O–H groups in total. The van der Waals surface area contributed by atoms with E-state index in [1.807, 2.05) is 0 Å². The number of hydrogen-bond acceptors (Lipinski definition) is 4. The van der Waals surface area contributed by atoms with E-state index >= 15 is 0 Å². The Morgan fingerprint density at radius 1 is 1.11 bits per heavy atom. The molecule has 0 saturated carbocycles. The summed E-state index contributed by atoms with van der Waals surface area (Å²) < 4.78 is 9.90. The van der Waals surface area contributed by atoms with Gasteiger partial charge in [-0.3, -0.25) is 0 Å². The smallest absolute Gasteiger partial charge is 0.338 e. The van der Waals surface area contributed by atoms with E-state index in [1.165, 1.54) is 13.2 Å². The van der Waals surface area contributed by atoms with Gasteiger partial charge in [-0.15, -0.1) is 0 Å². The Bertz CT molecular complexity index is 469. The van der Waals surface area contributed by atoms with Crippen LogP contribution in [0.3, 0.4) is 0 Å². The summed E-state index contributed by atoms with van der Waals surface area (Å²) in [5.74, 6) is -0.912. The number of hydrogen-bond donors (Lipinski definition) is 0. The molecule has 0 radical (unpaired) electrons. The molecule has 0 aliphatic carbocycles. The van der Waals surface area contributed by atoms with Crippen LogP contribution >= 0.6 is 0 Å². The Balaban J connectivity index is 3.05. The summed E-state index contributed by atoms with van der Waals surface area (Å²) in [4.78, 5) is 23.4. The van der Waals surface area contributed by atoms with Crippen LogP contribution in [-0.4, -0.2) is 24.6 Å². The third kappa shape index (κ3) is 3.58. The van der Waals surface area contributed by atoms with E-state index in [2.05, 4.69) is 4.74 Å². The minimum atomic E-state index is -0.562. The van der Waals surface area contributed by atoms with Gasteiger partial charge in [-0.2, -0.15) is 0 Å². The third-order valence-electron chi connectivity index (χ3n) is 2.28. The topological polar surface area (TPSA) is 52.6 Å². The van der Waals surface area contributed by atoms with Crippen molar-refractivity contribution < 1.29 is 19.1 Å². The van der Waals surface area contributed by atoms with Crippen molar-refractivity contribution in [3.05, 3.63) is 34.9 Å². The molecule has 0 saturated heterocycles. The molecule has 0 aromatic heterocycles. The Labute approximate surface area is 107 Å². The molecule has 4 heteroatoms. The lowest BCUT2D eigenvalue weighted by atomic mass is 10.0. The van der Waals surface area contributed by atoms with Crippen molar-refractivity contribution >= 4 is 11.9 Å². The molecule has 0 atom stereocenters. The summed E-state index contributed by atoms with van der Waals surface area (Å²) in [5, 5.41) is 0. The van der Waals surface area contributed by atoms with E-state index in [0.29, 0.717) is 11.1 Å². The maximum Gasteiger partial charge on any atom is 0.338 e. The summed E-state index contributed by atoms with van der Waals surface area (Å²) in [5.41, 5.74) is 0.916. The van der Waals surface area contributed by atoms with Crippen LogP contribution in [0.4, 0.5) is 0 Å². The fourth-order valence-corrected chi connectivity index (χ4v) is 1.42. The minimum Gasteiger partial charge on any atom is -0.465 e. The van der Waals surface area contributed by atoms with E-state index < -0.39 is 17.5 Å². The number of carbonyl (C=O) groups is 2. The van der Waals surface area contributed by atoms with Gasteiger partial charge in [0.1, 0.15) is 5.60 Å². The zero-order valence-electron chi connectivity index (χ0n) is 11.4. The second kappa shape index (κ2) is 5.21. The van der Waals surface area contributed by atoms with Crippen LogP contribution in [0.15, 0.2) is 18.2 Å². The zero-order chi connectivity index (χ0) is 13.9. The number of rotatable bonds is 2. The first-order valence-corrected chi connectivity index (χ1v) is 5.67. The average Bonchev–Trinajstić information content (AvgIpc) is 2.26. The number of aryl methyl sites for hydroxylation is 1. The second-order valence-electron chi connectivity index (χ2n) is 5.02. The summed E-state index contributed by atoms with van der Waals surface area (Å²) in [7, 11) is 1.31. The van der Waals surface area contributed by atoms with Crippen LogP contribution in [0.5, 0.6) is 0 Å². The quantitative estimate of drug-likeness (QED) is 0.757. The number of benzene rings is 1. The lowest BCUT2D eigenvalue weighted by Gasteiger charge is -2.19. The van der Waals surface area contributed by atoms with Crippen molar-refractivity contribution in [2.45, 2.75) is 33.3 Å². The molecule has 4 nitrogen and oxygen atoms in total. The fourth-order valence-electron chi connectivity index (χ4n) is 1.42. The Morgan fingerprint density at radius 2 is 1.72 bits per heavy atom. The molecule has 98 valence electrons. The Hall–Kier alpha value is -1.84. The van der Waals surface area contributed by atoms with Gasteiger partial charge in [-0.05, 0) is 45.4 Å². The first-order chi connectivity index (χ1) is 8.24. The highest BCUT2D eigenvalue weighted by Crippen LogP contribution is 2.16. The van der Waals surface area contributed by atoms with Gasteiger partial charge in [0.25, 0.3) is 0 Å². The molecule has 0 aliphatic heterocycles. The normalized spacial score (nSPS) is 10.9. The first-order valence-electron chi connectivity index (χ1n) is 5.67. The lowest BCUT2D eigenvalue weighted by Crippen LogP contribution is -2.24. The van der Waals surface area contributed by atoms with E-state index in [9.17, 15) is 9.59 Å². The molecular weight excluding hydrogens is 232 g/mol. The summed E-state index contributed by atoms with van der Waals surface area (Å²) in [6, 6.07) is 4.83. The molecule has 1 aromatic carbocycles. The van der Waals surface area contributed by atoms with Crippen molar-refractivity contribution in [1.29, 1.82) is 0 Å². The van der Waals surface area contributed by atoms with E-state index in [0.717, 1.165) is 5.56 Å². The second-order valence-corrected chi connectivity index (χ2v) is 5.02. The monoisotopic (exact) mass is 250 g/mol. The predicted octanol–water partition coefficient (Wildman–Crippen LogP) is 2.74. The van der Waals surface area contributed by atoms with Crippen LogP contribution < -0.4 is 0 Å². The molecule has 0 unspecified atom stereocenters. The van der Waals surface area contributed by atoms with E-state index in [1.54, 1.807) is 39.8 Å². The lowest BCUT2D eigenvalue weighted by molar-refractivity contribution is 0.00695. The summed E-state index contributed by atoms with van der Waals surface area (Å²) in [6.45, 7) is 7.16. The maximum absolute atomic E-state index is 11.9. The first kappa shape index (κ1) is 14.2.